The molecule has 0 unspecified atom stereocenters. The molecule has 0 spiro atoms. The Labute approximate surface area is 124 Å². The minimum Gasteiger partial charge on any atom is -0.463 e. The lowest BCUT2D eigenvalue weighted by atomic mass is 10.2. The number of aliphatic imine (C=N–C) groups is 1. The van der Waals surface area contributed by atoms with Crippen molar-refractivity contribution in [2.75, 3.05) is 26.9 Å². The summed E-state index contributed by atoms with van der Waals surface area (Å²) >= 11 is 0. The third-order valence-electron chi connectivity index (χ3n) is 2.43. The Balaban J connectivity index is 2.70. The summed E-state index contributed by atoms with van der Waals surface area (Å²) in [6, 6.07) is 5.55. The number of benzene rings is 1. The van der Waals surface area contributed by atoms with Crippen LogP contribution in [-0.2, 0) is 9.47 Å². The Hall–Kier alpha value is -1.95. The van der Waals surface area contributed by atoms with Gasteiger partial charge in [-0.25, -0.2) is 9.38 Å². The molecular weight excluding hydrogens is 275 g/mol. The molecule has 1 amide bonds. The lowest BCUT2D eigenvalue weighted by molar-refractivity contribution is 0.0953. The minimum absolute atomic E-state index is 0.120. The van der Waals surface area contributed by atoms with Crippen molar-refractivity contribution in [3.05, 3.63) is 35.6 Å². The number of amidine groups is 1. The zero-order valence-corrected chi connectivity index (χ0v) is 12.6. The fraction of sp³-hybridized carbons (Fsp3) is 0.467. The maximum absolute atomic E-state index is 13.1. The molecule has 1 N–H and O–H groups in total. The molecular formula is C15H21FN2O3. The van der Waals surface area contributed by atoms with E-state index in [1.54, 1.807) is 7.11 Å². The van der Waals surface area contributed by atoms with E-state index in [1.165, 1.54) is 18.2 Å². The molecule has 0 aromatic heterocycles. The van der Waals surface area contributed by atoms with E-state index < -0.39 is 11.7 Å². The third kappa shape index (κ3) is 6.85. The van der Waals surface area contributed by atoms with Gasteiger partial charge in [0.2, 0.25) is 0 Å². The van der Waals surface area contributed by atoms with Gasteiger partial charge in [-0.2, -0.15) is 0 Å². The van der Waals surface area contributed by atoms with Gasteiger partial charge in [0.1, 0.15) is 12.4 Å². The van der Waals surface area contributed by atoms with Crippen LogP contribution in [0.4, 0.5) is 4.39 Å². The second-order valence-corrected chi connectivity index (χ2v) is 4.85. The molecule has 116 valence electrons. The van der Waals surface area contributed by atoms with Gasteiger partial charge in [0.25, 0.3) is 11.9 Å². The SMILES string of the molecule is COCCOC(=NCC(C)C)NC(=O)c1cccc(F)c1. The number of ether oxygens (including phenoxy) is 2. The molecule has 1 aromatic carbocycles. The highest BCUT2D eigenvalue weighted by Crippen LogP contribution is 2.03. The summed E-state index contributed by atoms with van der Waals surface area (Å²) in [7, 11) is 1.56. The number of halogens is 1. The summed E-state index contributed by atoms with van der Waals surface area (Å²) in [5.74, 6) is -0.602. The summed E-state index contributed by atoms with van der Waals surface area (Å²) < 4.78 is 23.3. The van der Waals surface area contributed by atoms with Gasteiger partial charge in [-0.1, -0.05) is 19.9 Å². The van der Waals surface area contributed by atoms with Gasteiger partial charge in [0.15, 0.2) is 0 Å². The molecule has 0 bridgehead atoms. The number of carbonyl (C=O) groups is 1. The molecule has 0 aliphatic heterocycles. The van der Waals surface area contributed by atoms with Crippen LogP contribution in [0, 0.1) is 11.7 Å². The van der Waals surface area contributed by atoms with Crippen LogP contribution in [0.2, 0.25) is 0 Å². The largest absolute Gasteiger partial charge is 0.463 e. The molecule has 0 aliphatic carbocycles. The smallest absolute Gasteiger partial charge is 0.291 e. The van der Waals surface area contributed by atoms with Crippen molar-refractivity contribution in [1.82, 2.24) is 5.32 Å². The van der Waals surface area contributed by atoms with Gasteiger partial charge in [-0.05, 0) is 24.1 Å². The van der Waals surface area contributed by atoms with E-state index in [4.69, 9.17) is 9.47 Å². The number of hydrogen-bond acceptors (Lipinski definition) is 4. The monoisotopic (exact) mass is 296 g/mol. The van der Waals surface area contributed by atoms with Crippen molar-refractivity contribution >= 4 is 11.9 Å². The first-order valence-corrected chi connectivity index (χ1v) is 6.76. The minimum atomic E-state index is -0.469. The molecule has 5 nitrogen and oxygen atoms in total. The first kappa shape index (κ1) is 17.1. The van der Waals surface area contributed by atoms with Gasteiger partial charge in [0.05, 0.1) is 6.61 Å². The van der Waals surface area contributed by atoms with Crippen molar-refractivity contribution in [2.45, 2.75) is 13.8 Å². The zero-order valence-electron chi connectivity index (χ0n) is 12.6. The van der Waals surface area contributed by atoms with E-state index in [0.717, 1.165) is 6.07 Å². The summed E-state index contributed by atoms with van der Waals surface area (Å²) in [5.41, 5.74) is 0.211. The van der Waals surface area contributed by atoms with Crippen molar-refractivity contribution in [3.8, 4) is 0 Å². The van der Waals surface area contributed by atoms with Gasteiger partial charge >= 0.3 is 0 Å². The number of methoxy groups -OCH3 is 1. The van der Waals surface area contributed by atoms with Crippen LogP contribution >= 0.6 is 0 Å². The van der Waals surface area contributed by atoms with E-state index >= 15 is 0 Å². The average molecular weight is 296 g/mol. The molecule has 1 aromatic rings. The molecule has 0 atom stereocenters. The van der Waals surface area contributed by atoms with Crippen molar-refractivity contribution in [2.24, 2.45) is 10.9 Å². The van der Waals surface area contributed by atoms with Crippen molar-refractivity contribution in [1.29, 1.82) is 0 Å². The van der Waals surface area contributed by atoms with E-state index in [9.17, 15) is 9.18 Å². The van der Waals surface area contributed by atoms with E-state index in [0.29, 0.717) is 19.1 Å². The quantitative estimate of drug-likeness (QED) is 0.497. The van der Waals surface area contributed by atoms with Crippen LogP contribution in [-0.4, -0.2) is 38.8 Å². The summed E-state index contributed by atoms with van der Waals surface area (Å²) in [4.78, 5) is 16.2. The molecule has 1 rings (SSSR count). The number of nitrogens with one attached hydrogen (secondary N) is 1. The zero-order chi connectivity index (χ0) is 15.7. The third-order valence-corrected chi connectivity index (χ3v) is 2.43. The van der Waals surface area contributed by atoms with E-state index in [-0.39, 0.29) is 18.2 Å². The maximum atomic E-state index is 13.1. The Bertz CT molecular complexity index is 490. The second kappa shape index (κ2) is 9.07. The standard InChI is InChI=1S/C15H21FN2O3/c1-11(2)10-17-15(21-8-7-20-3)18-14(19)12-5-4-6-13(16)9-12/h4-6,9,11H,7-8,10H2,1-3H3,(H,17,18,19). The highest BCUT2D eigenvalue weighted by Gasteiger charge is 2.11. The second-order valence-electron chi connectivity index (χ2n) is 4.85. The lowest BCUT2D eigenvalue weighted by Gasteiger charge is -2.11. The molecule has 0 saturated heterocycles. The van der Waals surface area contributed by atoms with Crippen molar-refractivity contribution < 1.29 is 18.7 Å². The summed E-state index contributed by atoms with van der Waals surface area (Å²) in [5, 5.41) is 2.54. The highest BCUT2D eigenvalue weighted by molar-refractivity contribution is 6.04. The van der Waals surface area contributed by atoms with Crippen LogP contribution in [0.3, 0.4) is 0 Å². The first-order valence-electron chi connectivity index (χ1n) is 6.76. The Morgan fingerprint density at radius 2 is 2.14 bits per heavy atom. The summed E-state index contributed by atoms with van der Waals surface area (Å²) in [6.07, 6.45) is 0. The Morgan fingerprint density at radius 3 is 2.76 bits per heavy atom. The van der Waals surface area contributed by atoms with Gasteiger partial charge < -0.3 is 9.47 Å². The number of nitrogens with zero attached hydrogens (tertiary/aromatic N) is 1. The van der Waals surface area contributed by atoms with Crippen molar-refractivity contribution in [3.63, 3.8) is 0 Å². The molecule has 0 saturated carbocycles. The Morgan fingerprint density at radius 1 is 1.38 bits per heavy atom. The molecule has 0 fully saturated rings. The fourth-order valence-electron chi connectivity index (χ4n) is 1.41. The van der Waals surface area contributed by atoms with Crippen LogP contribution < -0.4 is 5.32 Å². The van der Waals surface area contributed by atoms with Crippen LogP contribution in [0.15, 0.2) is 29.3 Å². The summed E-state index contributed by atoms with van der Waals surface area (Å²) in [6.45, 7) is 5.19. The predicted molar refractivity (Wildman–Crippen MR) is 78.8 cm³/mol. The maximum Gasteiger partial charge on any atom is 0.291 e. The number of hydrogen-bond donors (Lipinski definition) is 1. The van der Waals surface area contributed by atoms with Gasteiger partial charge in [0, 0.05) is 19.2 Å². The molecule has 0 aliphatic rings. The Kier molecular flexibility index (Phi) is 7.39. The number of carbonyl (C=O) groups excluding carboxylic acids is 1. The lowest BCUT2D eigenvalue weighted by Crippen LogP contribution is -2.33. The van der Waals surface area contributed by atoms with E-state index in [1.807, 2.05) is 13.8 Å². The van der Waals surface area contributed by atoms with E-state index in [2.05, 4.69) is 10.3 Å². The average Bonchev–Trinajstić information content (AvgIpc) is 2.44. The highest BCUT2D eigenvalue weighted by atomic mass is 19.1. The van der Waals surface area contributed by atoms with Gasteiger partial charge in [-0.3, -0.25) is 10.1 Å². The van der Waals surface area contributed by atoms with Crippen LogP contribution in [0.5, 0.6) is 0 Å². The molecule has 21 heavy (non-hydrogen) atoms. The number of rotatable bonds is 6. The molecule has 0 heterocycles. The molecule has 6 heteroatoms. The van der Waals surface area contributed by atoms with Crippen LogP contribution in [0.25, 0.3) is 0 Å². The first-order chi connectivity index (χ1) is 10.0. The molecule has 0 radical (unpaired) electrons. The normalized spacial score (nSPS) is 11.6. The topological polar surface area (TPSA) is 59.9 Å². The van der Waals surface area contributed by atoms with Gasteiger partial charge in [-0.15, -0.1) is 0 Å². The fourth-order valence-corrected chi connectivity index (χ4v) is 1.41. The van der Waals surface area contributed by atoms with Crippen LogP contribution in [0.1, 0.15) is 24.2 Å². The number of amides is 1. The predicted octanol–water partition coefficient (Wildman–Crippen LogP) is 2.23.